The molecule has 0 aliphatic rings. The molecule has 14 heavy (non-hydrogen) atoms. The van der Waals surface area contributed by atoms with Gasteiger partial charge in [-0.25, -0.2) is 4.21 Å². The third-order valence-electron chi connectivity index (χ3n) is 1.45. The molecule has 1 unspecified atom stereocenters. The molecule has 0 aliphatic carbocycles. The highest BCUT2D eigenvalue weighted by Gasteiger charge is 2.37. The molecule has 78 valence electrons. The summed E-state index contributed by atoms with van der Waals surface area (Å²) in [5.74, 6) is 5.01. The molecule has 0 bridgehead atoms. The van der Waals surface area contributed by atoms with Crippen molar-refractivity contribution in [1.29, 1.82) is 0 Å². The van der Waals surface area contributed by atoms with E-state index in [1.165, 1.54) is 12.1 Å². The van der Waals surface area contributed by atoms with Crippen LogP contribution in [0.5, 0.6) is 0 Å². The molecular formula is C7H7F3N2OS. The van der Waals surface area contributed by atoms with Crippen LogP contribution >= 0.6 is 0 Å². The standard InChI is InChI=1S/C7H7F3N2OS/c8-7(9,10)14(13)6-3-1-5(12-11)2-4-6/h1-4,12H,11H2. The number of anilines is 1. The van der Waals surface area contributed by atoms with Gasteiger partial charge in [-0.05, 0) is 24.3 Å². The zero-order chi connectivity index (χ0) is 10.8. The second-order valence-corrected chi connectivity index (χ2v) is 3.85. The summed E-state index contributed by atoms with van der Waals surface area (Å²) >= 11 is 0. The molecule has 0 fully saturated rings. The number of benzene rings is 1. The maximum Gasteiger partial charge on any atom is 0.475 e. The average Bonchev–Trinajstić information content (AvgIpc) is 2.15. The van der Waals surface area contributed by atoms with Gasteiger partial charge >= 0.3 is 5.51 Å². The van der Waals surface area contributed by atoms with Crippen LogP contribution < -0.4 is 11.3 Å². The minimum Gasteiger partial charge on any atom is -0.324 e. The van der Waals surface area contributed by atoms with Crippen LogP contribution in [-0.2, 0) is 10.8 Å². The Morgan fingerprint density at radius 2 is 1.71 bits per heavy atom. The molecule has 0 saturated heterocycles. The van der Waals surface area contributed by atoms with Gasteiger partial charge in [0.2, 0.25) is 0 Å². The third kappa shape index (κ3) is 2.46. The van der Waals surface area contributed by atoms with Crippen molar-refractivity contribution >= 4 is 16.5 Å². The number of alkyl halides is 3. The Balaban J connectivity index is 2.93. The Bertz CT molecular complexity index is 336. The predicted octanol–water partition coefficient (Wildman–Crippen LogP) is 1.60. The summed E-state index contributed by atoms with van der Waals surface area (Å²) in [6.45, 7) is 0. The Labute approximate surface area is 80.5 Å². The zero-order valence-corrected chi connectivity index (χ0v) is 7.65. The SMILES string of the molecule is NNc1ccc(S(=O)C(F)(F)F)cc1. The number of halogens is 3. The van der Waals surface area contributed by atoms with Crippen molar-refractivity contribution < 1.29 is 17.4 Å². The van der Waals surface area contributed by atoms with Gasteiger partial charge in [-0.2, -0.15) is 13.2 Å². The van der Waals surface area contributed by atoms with Crippen molar-refractivity contribution in [2.24, 2.45) is 5.84 Å². The smallest absolute Gasteiger partial charge is 0.324 e. The molecule has 1 atom stereocenters. The Hall–Kier alpha value is -1.08. The lowest BCUT2D eigenvalue weighted by Crippen LogP contribution is -2.16. The summed E-state index contributed by atoms with van der Waals surface area (Å²) in [6, 6.07) is 4.86. The Kier molecular flexibility index (Phi) is 3.12. The van der Waals surface area contributed by atoms with E-state index in [2.05, 4.69) is 5.43 Å². The van der Waals surface area contributed by atoms with E-state index in [-0.39, 0.29) is 4.90 Å². The molecule has 1 rings (SSSR count). The normalized spacial score (nSPS) is 13.7. The largest absolute Gasteiger partial charge is 0.475 e. The topological polar surface area (TPSA) is 55.1 Å². The molecule has 1 aromatic rings. The molecule has 3 nitrogen and oxygen atoms in total. The van der Waals surface area contributed by atoms with E-state index in [0.29, 0.717) is 5.69 Å². The van der Waals surface area contributed by atoms with Gasteiger partial charge < -0.3 is 5.43 Å². The van der Waals surface area contributed by atoms with Crippen molar-refractivity contribution in [3.05, 3.63) is 24.3 Å². The Morgan fingerprint density at radius 3 is 2.07 bits per heavy atom. The van der Waals surface area contributed by atoms with Crippen molar-refractivity contribution in [3.63, 3.8) is 0 Å². The monoisotopic (exact) mass is 224 g/mol. The van der Waals surface area contributed by atoms with E-state index in [9.17, 15) is 17.4 Å². The third-order valence-corrected chi connectivity index (χ3v) is 2.57. The number of nitrogens with one attached hydrogen (secondary N) is 1. The Morgan fingerprint density at radius 1 is 1.21 bits per heavy atom. The van der Waals surface area contributed by atoms with Crippen LogP contribution in [0.3, 0.4) is 0 Å². The summed E-state index contributed by atoms with van der Waals surface area (Å²) in [6.07, 6.45) is 0. The summed E-state index contributed by atoms with van der Waals surface area (Å²) in [5, 5.41) is 0. The van der Waals surface area contributed by atoms with Crippen LogP contribution in [0.1, 0.15) is 0 Å². The molecule has 1 aromatic carbocycles. The second kappa shape index (κ2) is 3.97. The van der Waals surface area contributed by atoms with Crippen LogP contribution in [0.2, 0.25) is 0 Å². The zero-order valence-electron chi connectivity index (χ0n) is 6.84. The highest BCUT2D eigenvalue weighted by molar-refractivity contribution is 7.86. The van der Waals surface area contributed by atoms with E-state index in [1.54, 1.807) is 0 Å². The molecule has 0 aliphatic heterocycles. The fourth-order valence-corrected chi connectivity index (χ4v) is 1.46. The number of nitrogen functional groups attached to an aromatic ring is 1. The van der Waals surface area contributed by atoms with Gasteiger partial charge in [0.05, 0.1) is 0 Å². The van der Waals surface area contributed by atoms with E-state index in [1.807, 2.05) is 0 Å². The number of nitrogens with two attached hydrogens (primary N) is 1. The number of hydrazine groups is 1. The minimum absolute atomic E-state index is 0.295. The van der Waals surface area contributed by atoms with Crippen molar-refractivity contribution in [1.82, 2.24) is 0 Å². The number of hydrogen-bond acceptors (Lipinski definition) is 3. The highest BCUT2D eigenvalue weighted by atomic mass is 32.2. The predicted molar refractivity (Wildman–Crippen MR) is 46.7 cm³/mol. The number of hydrogen-bond donors (Lipinski definition) is 2. The van der Waals surface area contributed by atoms with Crippen molar-refractivity contribution in [2.45, 2.75) is 10.4 Å². The fourth-order valence-electron chi connectivity index (χ4n) is 0.808. The van der Waals surface area contributed by atoms with Crippen LogP contribution in [0, 0.1) is 0 Å². The molecule has 0 aromatic heterocycles. The quantitative estimate of drug-likeness (QED) is 0.592. The van der Waals surface area contributed by atoms with Crippen LogP contribution in [0.4, 0.5) is 18.9 Å². The van der Waals surface area contributed by atoms with E-state index < -0.39 is 16.3 Å². The van der Waals surface area contributed by atoms with Crippen LogP contribution in [-0.4, -0.2) is 9.72 Å². The summed E-state index contributed by atoms with van der Waals surface area (Å²) in [5.41, 5.74) is -2.02. The van der Waals surface area contributed by atoms with E-state index in [0.717, 1.165) is 12.1 Å². The molecule has 0 amide bonds. The summed E-state index contributed by atoms with van der Waals surface area (Å²) in [4.78, 5) is -0.295. The first-order valence-corrected chi connectivity index (χ1v) is 4.65. The first-order chi connectivity index (χ1) is 6.45. The van der Waals surface area contributed by atoms with Gasteiger partial charge in [-0.3, -0.25) is 5.84 Å². The van der Waals surface area contributed by atoms with E-state index in [4.69, 9.17) is 5.84 Å². The van der Waals surface area contributed by atoms with Crippen LogP contribution in [0.15, 0.2) is 29.2 Å². The second-order valence-electron chi connectivity index (χ2n) is 2.38. The molecule has 0 saturated carbocycles. The molecule has 0 spiro atoms. The van der Waals surface area contributed by atoms with Gasteiger partial charge in [0.25, 0.3) is 0 Å². The first kappa shape index (κ1) is 11.0. The lowest BCUT2D eigenvalue weighted by molar-refractivity contribution is -0.0384. The molecule has 7 heteroatoms. The maximum atomic E-state index is 12.0. The van der Waals surface area contributed by atoms with E-state index >= 15 is 0 Å². The molecule has 0 radical (unpaired) electrons. The fraction of sp³-hybridized carbons (Fsp3) is 0.143. The lowest BCUT2D eigenvalue weighted by Gasteiger charge is -2.06. The molecule has 0 heterocycles. The number of rotatable bonds is 2. The highest BCUT2D eigenvalue weighted by Crippen LogP contribution is 2.26. The van der Waals surface area contributed by atoms with Gasteiger partial charge in [-0.1, -0.05) is 0 Å². The average molecular weight is 224 g/mol. The maximum absolute atomic E-state index is 12.0. The lowest BCUT2D eigenvalue weighted by atomic mass is 10.3. The minimum atomic E-state index is -4.72. The molecular weight excluding hydrogens is 217 g/mol. The van der Waals surface area contributed by atoms with Gasteiger partial charge in [0, 0.05) is 10.6 Å². The van der Waals surface area contributed by atoms with Crippen molar-refractivity contribution in [3.8, 4) is 0 Å². The molecule has 3 N–H and O–H groups in total. The van der Waals surface area contributed by atoms with Gasteiger partial charge in [0.1, 0.15) is 0 Å². The van der Waals surface area contributed by atoms with Gasteiger partial charge in [0.15, 0.2) is 10.8 Å². The van der Waals surface area contributed by atoms with Crippen LogP contribution in [0.25, 0.3) is 0 Å². The van der Waals surface area contributed by atoms with Crippen molar-refractivity contribution in [2.75, 3.05) is 5.43 Å². The summed E-state index contributed by atoms with van der Waals surface area (Å²) in [7, 11) is -2.98. The summed E-state index contributed by atoms with van der Waals surface area (Å²) < 4.78 is 46.7. The van der Waals surface area contributed by atoms with Gasteiger partial charge in [-0.15, -0.1) is 0 Å². The first-order valence-electron chi connectivity index (χ1n) is 3.50.